The Bertz CT molecular complexity index is 391. The Kier molecular flexibility index (Phi) is 5.06. The van der Waals surface area contributed by atoms with Crippen molar-refractivity contribution in [1.29, 1.82) is 0 Å². The summed E-state index contributed by atoms with van der Waals surface area (Å²) in [5.74, 6) is -0.687. The number of sulfonamides is 1. The highest BCUT2D eigenvalue weighted by Crippen LogP contribution is 2.27. The Morgan fingerprint density at radius 3 is 2.44 bits per heavy atom. The van der Waals surface area contributed by atoms with E-state index in [9.17, 15) is 17.6 Å². The average Bonchev–Trinajstić information content (AvgIpc) is 2.28. The quantitative estimate of drug-likeness (QED) is 0.691. The van der Waals surface area contributed by atoms with Crippen molar-refractivity contribution < 1.29 is 22.3 Å². The smallest absolute Gasteiger partial charge is 0.257 e. The SMILES string of the molecule is COCCNC(=O)C1(F)CCN(S(C)(=O)=O)CC1. The molecule has 0 saturated carbocycles. The van der Waals surface area contributed by atoms with E-state index in [-0.39, 0.29) is 32.5 Å². The molecule has 18 heavy (non-hydrogen) atoms. The molecule has 0 radical (unpaired) electrons. The van der Waals surface area contributed by atoms with Crippen molar-refractivity contribution >= 4 is 15.9 Å². The van der Waals surface area contributed by atoms with Crippen LogP contribution in [-0.2, 0) is 19.6 Å². The summed E-state index contributed by atoms with van der Waals surface area (Å²) in [6.07, 6.45) is 0.856. The number of nitrogens with one attached hydrogen (secondary N) is 1. The predicted molar refractivity (Wildman–Crippen MR) is 64.4 cm³/mol. The van der Waals surface area contributed by atoms with Crippen LogP contribution in [-0.4, -0.2) is 63.9 Å². The fraction of sp³-hybridized carbons (Fsp3) is 0.900. The maximum atomic E-state index is 14.3. The number of alkyl halides is 1. The Morgan fingerprint density at radius 1 is 1.44 bits per heavy atom. The lowest BCUT2D eigenvalue weighted by Crippen LogP contribution is -2.52. The summed E-state index contributed by atoms with van der Waals surface area (Å²) in [4.78, 5) is 11.6. The van der Waals surface area contributed by atoms with Gasteiger partial charge in [-0.2, -0.15) is 0 Å². The van der Waals surface area contributed by atoms with Crippen LogP contribution in [0.3, 0.4) is 0 Å². The third kappa shape index (κ3) is 3.89. The van der Waals surface area contributed by atoms with E-state index in [0.29, 0.717) is 6.61 Å². The molecule has 0 aliphatic carbocycles. The van der Waals surface area contributed by atoms with Crippen molar-refractivity contribution in [2.24, 2.45) is 0 Å². The van der Waals surface area contributed by atoms with Gasteiger partial charge in [0.25, 0.3) is 5.91 Å². The number of carbonyl (C=O) groups is 1. The van der Waals surface area contributed by atoms with E-state index in [1.165, 1.54) is 11.4 Å². The van der Waals surface area contributed by atoms with Crippen LogP contribution in [0, 0.1) is 0 Å². The maximum absolute atomic E-state index is 14.3. The van der Waals surface area contributed by atoms with Gasteiger partial charge in [0, 0.05) is 39.6 Å². The molecule has 0 atom stereocenters. The Labute approximate surface area is 107 Å². The molecule has 1 saturated heterocycles. The fourth-order valence-corrected chi connectivity index (χ4v) is 2.67. The number of halogens is 1. The molecule has 1 amide bonds. The molecule has 106 valence electrons. The van der Waals surface area contributed by atoms with Crippen molar-refractivity contribution in [2.75, 3.05) is 39.6 Å². The van der Waals surface area contributed by atoms with Gasteiger partial charge in [-0.25, -0.2) is 17.1 Å². The zero-order valence-corrected chi connectivity index (χ0v) is 11.4. The maximum Gasteiger partial charge on any atom is 0.257 e. The number of amides is 1. The molecule has 0 bridgehead atoms. The third-order valence-electron chi connectivity index (χ3n) is 2.98. The first-order valence-corrected chi connectivity index (χ1v) is 7.56. The van der Waals surface area contributed by atoms with E-state index in [4.69, 9.17) is 4.74 Å². The monoisotopic (exact) mass is 282 g/mol. The van der Waals surface area contributed by atoms with Crippen molar-refractivity contribution in [3.8, 4) is 0 Å². The van der Waals surface area contributed by atoms with Gasteiger partial charge in [-0.1, -0.05) is 0 Å². The van der Waals surface area contributed by atoms with Crippen molar-refractivity contribution in [3.63, 3.8) is 0 Å². The number of rotatable bonds is 5. The van der Waals surface area contributed by atoms with E-state index in [1.807, 2.05) is 0 Å². The van der Waals surface area contributed by atoms with Crippen LogP contribution in [0.25, 0.3) is 0 Å². The molecular formula is C10H19FN2O4S. The van der Waals surface area contributed by atoms with Crippen LogP contribution in [0.4, 0.5) is 4.39 Å². The number of hydrogen-bond acceptors (Lipinski definition) is 4. The Hall–Kier alpha value is -0.730. The lowest BCUT2D eigenvalue weighted by molar-refractivity contribution is -0.135. The van der Waals surface area contributed by atoms with Gasteiger partial charge >= 0.3 is 0 Å². The largest absolute Gasteiger partial charge is 0.383 e. The average molecular weight is 282 g/mol. The van der Waals surface area contributed by atoms with Crippen LogP contribution in [0.15, 0.2) is 0 Å². The zero-order chi connectivity index (χ0) is 13.8. The zero-order valence-electron chi connectivity index (χ0n) is 10.6. The highest BCUT2D eigenvalue weighted by atomic mass is 32.2. The van der Waals surface area contributed by atoms with Crippen LogP contribution < -0.4 is 5.32 Å². The summed E-state index contributed by atoms with van der Waals surface area (Å²) >= 11 is 0. The lowest BCUT2D eigenvalue weighted by atomic mass is 9.93. The first-order chi connectivity index (χ1) is 8.29. The Morgan fingerprint density at radius 2 is 2.00 bits per heavy atom. The molecule has 1 aliphatic heterocycles. The molecule has 1 fully saturated rings. The van der Waals surface area contributed by atoms with Crippen LogP contribution in [0.1, 0.15) is 12.8 Å². The van der Waals surface area contributed by atoms with Gasteiger partial charge in [0.15, 0.2) is 5.67 Å². The number of carbonyl (C=O) groups excluding carboxylic acids is 1. The van der Waals surface area contributed by atoms with Gasteiger partial charge in [0.1, 0.15) is 0 Å². The minimum atomic E-state index is -3.31. The standard InChI is InChI=1S/C10H19FN2O4S/c1-17-8-5-12-9(14)10(11)3-6-13(7-4-10)18(2,15)16/h3-8H2,1-2H3,(H,12,14). The molecule has 0 aromatic heterocycles. The third-order valence-corrected chi connectivity index (χ3v) is 4.29. The van der Waals surface area contributed by atoms with Gasteiger partial charge in [-0.15, -0.1) is 0 Å². The molecule has 0 unspecified atom stereocenters. The fourth-order valence-electron chi connectivity index (χ4n) is 1.82. The van der Waals surface area contributed by atoms with Gasteiger partial charge < -0.3 is 10.1 Å². The summed E-state index contributed by atoms with van der Waals surface area (Å²) in [5.41, 5.74) is -1.98. The normalized spacial score (nSPS) is 20.6. The molecule has 6 nitrogen and oxygen atoms in total. The molecule has 0 aromatic carbocycles. The second kappa shape index (κ2) is 5.94. The van der Waals surface area contributed by atoms with E-state index < -0.39 is 21.6 Å². The summed E-state index contributed by atoms with van der Waals surface area (Å²) in [7, 11) is -1.82. The molecule has 1 heterocycles. The summed E-state index contributed by atoms with van der Waals surface area (Å²) in [6, 6.07) is 0. The summed E-state index contributed by atoms with van der Waals surface area (Å²) in [6.45, 7) is 0.633. The second-order valence-electron chi connectivity index (χ2n) is 4.38. The van der Waals surface area contributed by atoms with E-state index in [1.54, 1.807) is 0 Å². The van der Waals surface area contributed by atoms with Crippen LogP contribution >= 0.6 is 0 Å². The summed E-state index contributed by atoms with van der Waals surface area (Å²) in [5, 5.41) is 2.44. The van der Waals surface area contributed by atoms with Gasteiger partial charge in [0.05, 0.1) is 12.9 Å². The van der Waals surface area contributed by atoms with Crippen LogP contribution in [0.5, 0.6) is 0 Å². The Balaban J connectivity index is 2.51. The van der Waals surface area contributed by atoms with Crippen molar-refractivity contribution in [3.05, 3.63) is 0 Å². The second-order valence-corrected chi connectivity index (χ2v) is 6.36. The van der Waals surface area contributed by atoms with Crippen molar-refractivity contribution in [2.45, 2.75) is 18.5 Å². The van der Waals surface area contributed by atoms with E-state index >= 15 is 0 Å². The molecule has 0 aromatic rings. The molecule has 1 N–H and O–H groups in total. The van der Waals surface area contributed by atoms with Gasteiger partial charge in [-0.05, 0) is 0 Å². The molecule has 0 spiro atoms. The number of piperidine rings is 1. The first kappa shape index (κ1) is 15.3. The van der Waals surface area contributed by atoms with Gasteiger partial charge in [0.2, 0.25) is 10.0 Å². The van der Waals surface area contributed by atoms with Gasteiger partial charge in [-0.3, -0.25) is 4.79 Å². The summed E-state index contributed by atoms with van der Waals surface area (Å²) < 4.78 is 42.7. The molecule has 1 rings (SSSR count). The minimum Gasteiger partial charge on any atom is -0.383 e. The molecule has 1 aliphatic rings. The minimum absolute atomic E-state index is 0.0348. The lowest BCUT2D eigenvalue weighted by Gasteiger charge is -2.33. The van der Waals surface area contributed by atoms with Crippen molar-refractivity contribution in [1.82, 2.24) is 9.62 Å². The highest BCUT2D eigenvalue weighted by molar-refractivity contribution is 7.88. The predicted octanol–water partition coefficient (Wildman–Crippen LogP) is -0.487. The topological polar surface area (TPSA) is 75.7 Å². The highest BCUT2D eigenvalue weighted by Gasteiger charge is 2.43. The number of nitrogens with zero attached hydrogens (tertiary/aromatic N) is 1. The number of ether oxygens (including phenoxy) is 1. The van der Waals surface area contributed by atoms with E-state index in [0.717, 1.165) is 6.26 Å². The van der Waals surface area contributed by atoms with E-state index in [2.05, 4.69) is 5.32 Å². The van der Waals surface area contributed by atoms with Crippen LogP contribution in [0.2, 0.25) is 0 Å². The first-order valence-electron chi connectivity index (χ1n) is 5.71. The number of methoxy groups -OCH3 is 1. The molecular weight excluding hydrogens is 263 g/mol. The number of hydrogen-bond donors (Lipinski definition) is 1. The molecule has 8 heteroatoms.